The molecule has 2 heterocycles. The quantitative estimate of drug-likeness (QED) is 0.932. The van der Waals surface area contributed by atoms with Gasteiger partial charge in [0.05, 0.1) is 0 Å². The van der Waals surface area contributed by atoms with E-state index in [2.05, 4.69) is 11.8 Å². The molecule has 0 saturated carbocycles. The van der Waals surface area contributed by atoms with Crippen LogP contribution in [0.5, 0.6) is 0 Å². The van der Waals surface area contributed by atoms with Crippen molar-refractivity contribution in [2.75, 3.05) is 19.6 Å². The number of likely N-dealkylation sites (tertiary alicyclic amines) is 1. The van der Waals surface area contributed by atoms with Crippen LogP contribution >= 0.6 is 11.3 Å². The molecule has 1 aromatic carbocycles. The topological polar surface area (TPSA) is 29.3 Å². The molecule has 1 unspecified atom stereocenters. The molecule has 1 atom stereocenters. The number of benzene rings is 1. The summed E-state index contributed by atoms with van der Waals surface area (Å²) in [5.41, 5.74) is 7.97. The molecule has 2 nitrogen and oxygen atoms in total. The highest BCUT2D eigenvalue weighted by Gasteiger charge is 2.32. The Kier molecular flexibility index (Phi) is 4.11. The summed E-state index contributed by atoms with van der Waals surface area (Å²) in [6.07, 6.45) is 1.14. The third kappa shape index (κ3) is 3.18. The predicted molar refractivity (Wildman–Crippen MR) is 86.8 cm³/mol. The van der Waals surface area contributed by atoms with Crippen LogP contribution in [0.25, 0.3) is 10.4 Å². The van der Waals surface area contributed by atoms with Crippen LogP contribution in [-0.4, -0.2) is 24.5 Å². The Morgan fingerprint density at radius 2 is 2.24 bits per heavy atom. The lowest BCUT2D eigenvalue weighted by Crippen LogP contribution is -2.31. The Balaban J connectivity index is 1.77. The molecular formula is C17H21FN2S. The summed E-state index contributed by atoms with van der Waals surface area (Å²) in [6.45, 7) is 5.94. The third-order valence-electron chi connectivity index (χ3n) is 4.35. The van der Waals surface area contributed by atoms with Gasteiger partial charge < -0.3 is 5.73 Å². The number of thiophene rings is 1. The molecule has 1 aliphatic rings. The van der Waals surface area contributed by atoms with Gasteiger partial charge in [0.15, 0.2) is 0 Å². The molecule has 112 valence electrons. The maximum Gasteiger partial charge on any atom is 0.131 e. The van der Waals surface area contributed by atoms with Gasteiger partial charge in [-0.05, 0) is 54.1 Å². The Hall–Kier alpha value is -1.23. The maximum absolute atomic E-state index is 14.0. The molecule has 2 N–H and O–H groups in total. The second-order valence-electron chi connectivity index (χ2n) is 6.27. The van der Waals surface area contributed by atoms with E-state index in [1.807, 2.05) is 29.6 Å². The van der Waals surface area contributed by atoms with Crippen LogP contribution in [-0.2, 0) is 6.54 Å². The van der Waals surface area contributed by atoms with Crippen LogP contribution in [0.2, 0.25) is 0 Å². The molecule has 4 heteroatoms. The summed E-state index contributed by atoms with van der Waals surface area (Å²) in [5, 5.41) is 1.98. The first-order valence-electron chi connectivity index (χ1n) is 7.34. The zero-order valence-corrected chi connectivity index (χ0v) is 13.1. The van der Waals surface area contributed by atoms with E-state index in [9.17, 15) is 4.39 Å². The lowest BCUT2D eigenvalue weighted by Gasteiger charge is -2.22. The molecule has 1 fully saturated rings. The van der Waals surface area contributed by atoms with Crippen molar-refractivity contribution in [3.63, 3.8) is 0 Å². The summed E-state index contributed by atoms with van der Waals surface area (Å²) in [4.78, 5) is 3.40. The highest BCUT2D eigenvalue weighted by atomic mass is 32.1. The second kappa shape index (κ2) is 5.87. The zero-order chi connectivity index (χ0) is 14.9. The third-order valence-corrected chi connectivity index (χ3v) is 5.26. The number of halogens is 1. The molecule has 0 aliphatic carbocycles. The Bertz CT molecular complexity index is 611. The molecule has 0 spiro atoms. The van der Waals surface area contributed by atoms with Crippen molar-refractivity contribution in [3.8, 4) is 10.4 Å². The van der Waals surface area contributed by atoms with Crippen molar-refractivity contribution >= 4 is 11.3 Å². The first-order chi connectivity index (χ1) is 10.1. The molecule has 0 bridgehead atoms. The monoisotopic (exact) mass is 304 g/mol. The van der Waals surface area contributed by atoms with Gasteiger partial charge >= 0.3 is 0 Å². The molecule has 1 aliphatic heterocycles. The van der Waals surface area contributed by atoms with Crippen molar-refractivity contribution in [2.45, 2.75) is 19.9 Å². The predicted octanol–water partition coefficient (Wildman–Crippen LogP) is 3.72. The van der Waals surface area contributed by atoms with Gasteiger partial charge in [-0.3, -0.25) is 4.90 Å². The van der Waals surface area contributed by atoms with Gasteiger partial charge in [0.25, 0.3) is 0 Å². The van der Waals surface area contributed by atoms with E-state index in [1.165, 1.54) is 5.56 Å². The number of nitrogens with two attached hydrogens (primary N) is 1. The Morgan fingerprint density at radius 1 is 1.38 bits per heavy atom. The van der Waals surface area contributed by atoms with Gasteiger partial charge in [-0.25, -0.2) is 4.39 Å². The minimum absolute atomic E-state index is 0.144. The van der Waals surface area contributed by atoms with Crippen molar-refractivity contribution in [2.24, 2.45) is 11.1 Å². The normalized spacial score (nSPS) is 22.8. The van der Waals surface area contributed by atoms with Gasteiger partial charge in [-0.15, -0.1) is 11.3 Å². The molecule has 0 amide bonds. The first kappa shape index (κ1) is 14.7. The fourth-order valence-corrected chi connectivity index (χ4v) is 3.72. The number of rotatable bonds is 4. The van der Waals surface area contributed by atoms with E-state index in [-0.39, 0.29) is 11.2 Å². The van der Waals surface area contributed by atoms with Crippen LogP contribution in [0.3, 0.4) is 0 Å². The number of hydrogen-bond donors (Lipinski definition) is 1. The fraction of sp³-hybridized carbons (Fsp3) is 0.412. The SMILES string of the molecule is CC1(CN)CCN(Cc2ccc(F)c(-c3cccs3)c2)C1. The largest absolute Gasteiger partial charge is 0.330 e. The molecule has 0 radical (unpaired) electrons. The van der Waals surface area contributed by atoms with Crippen LogP contribution in [0, 0.1) is 11.2 Å². The minimum atomic E-state index is -0.144. The summed E-state index contributed by atoms with van der Waals surface area (Å²) in [6, 6.07) is 9.39. The van der Waals surface area contributed by atoms with E-state index in [0.717, 1.165) is 37.5 Å². The summed E-state index contributed by atoms with van der Waals surface area (Å²) >= 11 is 1.57. The van der Waals surface area contributed by atoms with Crippen molar-refractivity contribution in [3.05, 3.63) is 47.1 Å². The molecule has 21 heavy (non-hydrogen) atoms. The molecule has 3 rings (SSSR count). The van der Waals surface area contributed by atoms with E-state index in [1.54, 1.807) is 17.4 Å². The molecule has 2 aromatic rings. The van der Waals surface area contributed by atoms with Crippen LogP contribution < -0.4 is 5.73 Å². The maximum atomic E-state index is 14.0. The summed E-state index contributed by atoms with van der Waals surface area (Å²) in [7, 11) is 0. The first-order valence-corrected chi connectivity index (χ1v) is 8.22. The van der Waals surface area contributed by atoms with Crippen LogP contribution in [0.1, 0.15) is 18.9 Å². The van der Waals surface area contributed by atoms with Crippen LogP contribution in [0.4, 0.5) is 4.39 Å². The van der Waals surface area contributed by atoms with Gasteiger partial charge in [-0.1, -0.05) is 19.1 Å². The Labute approximate surface area is 129 Å². The number of hydrogen-bond acceptors (Lipinski definition) is 3. The lowest BCUT2D eigenvalue weighted by molar-refractivity contribution is 0.274. The van der Waals surface area contributed by atoms with Crippen molar-refractivity contribution in [1.82, 2.24) is 4.90 Å². The smallest absolute Gasteiger partial charge is 0.131 e. The second-order valence-corrected chi connectivity index (χ2v) is 7.21. The van der Waals surface area contributed by atoms with Gasteiger partial charge in [0, 0.05) is 23.5 Å². The van der Waals surface area contributed by atoms with E-state index in [4.69, 9.17) is 5.73 Å². The van der Waals surface area contributed by atoms with E-state index < -0.39 is 0 Å². The van der Waals surface area contributed by atoms with Gasteiger partial charge in [0.1, 0.15) is 5.82 Å². The zero-order valence-electron chi connectivity index (χ0n) is 12.3. The van der Waals surface area contributed by atoms with E-state index in [0.29, 0.717) is 5.56 Å². The molecule has 1 saturated heterocycles. The standard InChI is InChI=1S/C17H21FN2S/c1-17(11-19)6-7-20(12-17)10-13-4-5-15(18)14(9-13)16-3-2-8-21-16/h2-5,8-9H,6-7,10-12,19H2,1H3. The summed E-state index contributed by atoms with van der Waals surface area (Å²) < 4.78 is 14.0. The van der Waals surface area contributed by atoms with Gasteiger partial charge in [0.2, 0.25) is 0 Å². The van der Waals surface area contributed by atoms with E-state index >= 15 is 0 Å². The van der Waals surface area contributed by atoms with Gasteiger partial charge in [-0.2, -0.15) is 0 Å². The molecule has 1 aromatic heterocycles. The lowest BCUT2D eigenvalue weighted by atomic mass is 9.90. The average Bonchev–Trinajstić information content (AvgIpc) is 3.12. The highest BCUT2D eigenvalue weighted by molar-refractivity contribution is 7.13. The fourth-order valence-electron chi connectivity index (χ4n) is 2.98. The highest BCUT2D eigenvalue weighted by Crippen LogP contribution is 2.31. The summed E-state index contributed by atoms with van der Waals surface area (Å²) in [5.74, 6) is -0.144. The molecular weight excluding hydrogens is 283 g/mol. The minimum Gasteiger partial charge on any atom is -0.330 e. The number of nitrogens with zero attached hydrogens (tertiary/aromatic N) is 1. The van der Waals surface area contributed by atoms with Crippen LogP contribution in [0.15, 0.2) is 35.7 Å². The van der Waals surface area contributed by atoms with Crippen molar-refractivity contribution in [1.29, 1.82) is 0 Å². The average molecular weight is 304 g/mol. The van der Waals surface area contributed by atoms with Crippen molar-refractivity contribution < 1.29 is 4.39 Å². The Morgan fingerprint density at radius 3 is 2.90 bits per heavy atom.